The summed E-state index contributed by atoms with van der Waals surface area (Å²) < 4.78 is 78.0. The van der Waals surface area contributed by atoms with E-state index in [1.807, 2.05) is 5.32 Å². The van der Waals surface area contributed by atoms with Crippen molar-refractivity contribution in [1.29, 1.82) is 0 Å². The number of alkyl halides is 3. The van der Waals surface area contributed by atoms with E-state index in [0.29, 0.717) is 0 Å². The monoisotopic (exact) mass is 471 g/mol. The van der Waals surface area contributed by atoms with Crippen LogP contribution in [0.15, 0.2) is 23.1 Å². The Morgan fingerprint density at radius 2 is 1.77 bits per heavy atom. The molecule has 2 saturated heterocycles. The maximum atomic E-state index is 13.3. The van der Waals surface area contributed by atoms with Crippen LogP contribution in [0, 0.1) is 11.7 Å². The molecule has 1 aromatic rings. The topological polar surface area (TPSA) is 86.8 Å². The molecule has 0 radical (unpaired) electrons. The summed E-state index contributed by atoms with van der Waals surface area (Å²) in [6.45, 7) is -0.218. The Balaban J connectivity index is 1.62. The average Bonchev–Trinajstić information content (AvgIpc) is 2.68. The average molecular weight is 472 g/mol. The number of carbonyl (C=O) groups is 2. The van der Waals surface area contributed by atoms with Crippen LogP contribution < -0.4 is 5.32 Å². The highest BCUT2D eigenvalue weighted by molar-refractivity contribution is 7.89. The molecule has 2 fully saturated rings. The summed E-state index contributed by atoms with van der Waals surface area (Å²) in [5, 5.41) is 1.49. The Morgan fingerprint density at radius 3 is 2.30 bits per heavy atom. The lowest BCUT2D eigenvalue weighted by Gasteiger charge is -2.37. The van der Waals surface area contributed by atoms with E-state index < -0.39 is 52.2 Å². The van der Waals surface area contributed by atoms with Gasteiger partial charge in [0.2, 0.25) is 21.8 Å². The minimum atomic E-state index is -4.58. The molecule has 2 aliphatic heterocycles. The number of piperazine rings is 1. The van der Waals surface area contributed by atoms with Gasteiger partial charge in [-0.15, -0.1) is 0 Å². The standard InChI is InChI=1S/C17H18ClF4N3O4S/c18-12-9-10(1-3-13(12)19)30(28,29)25-7-5-24(6-8-25)16(27)11-2-4-14(17(20,21)22)23-15(11)26/h1,3,9,11,14H,2,4-8H2,(H,23,26). The molecule has 0 bridgehead atoms. The number of rotatable bonds is 3. The van der Waals surface area contributed by atoms with E-state index in [1.54, 1.807) is 0 Å². The van der Waals surface area contributed by atoms with Crippen LogP contribution in [0.3, 0.4) is 0 Å². The second-order valence-corrected chi connectivity index (χ2v) is 9.38. The number of carbonyl (C=O) groups excluding carboxylic acids is 2. The fourth-order valence-electron chi connectivity index (χ4n) is 3.45. The fourth-order valence-corrected chi connectivity index (χ4v) is 5.14. The van der Waals surface area contributed by atoms with Crippen LogP contribution in [0.2, 0.25) is 5.02 Å². The highest BCUT2D eigenvalue weighted by Gasteiger charge is 2.47. The molecule has 166 valence electrons. The van der Waals surface area contributed by atoms with E-state index >= 15 is 0 Å². The van der Waals surface area contributed by atoms with Gasteiger partial charge in [0.05, 0.1) is 9.92 Å². The molecule has 2 unspecified atom stereocenters. The van der Waals surface area contributed by atoms with Gasteiger partial charge in [0.25, 0.3) is 0 Å². The number of hydrogen-bond donors (Lipinski definition) is 1. The molecule has 2 atom stereocenters. The summed E-state index contributed by atoms with van der Waals surface area (Å²) in [6, 6.07) is 1.04. The number of nitrogens with one attached hydrogen (secondary N) is 1. The van der Waals surface area contributed by atoms with Crippen molar-refractivity contribution in [3.8, 4) is 0 Å². The van der Waals surface area contributed by atoms with Crippen LogP contribution in [0.4, 0.5) is 17.6 Å². The van der Waals surface area contributed by atoms with Crippen LogP contribution in [0.1, 0.15) is 12.8 Å². The Kier molecular flexibility index (Phi) is 6.30. The number of benzene rings is 1. The van der Waals surface area contributed by atoms with Crippen molar-refractivity contribution < 1.29 is 35.6 Å². The summed E-state index contributed by atoms with van der Waals surface area (Å²) in [5.74, 6) is -3.60. The molecule has 0 aliphatic carbocycles. The van der Waals surface area contributed by atoms with Crippen molar-refractivity contribution in [2.24, 2.45) is 5.92 Å². The van der Waals surface area contributed by atoms with Crippen molar-refractivity contribution in [2.75, 3.05) is 26.2 Å². The molecule has 3 rings (SSSR count). The maximum absolute atomic E-state index is 13.3. The van der Waals surface area contributed by atoms with Gasteiger partial charge >= 0.3 is 6.18 Å². The fraction of sp³-hybridized carbons (Fsp3) is 0.529. The molecule has 0 aromatic heterocycles. The molecule has 2 amide bonds. The second kappa shape index (κ2) is 8.31. The molecule has 1 N–H and O–H groups in total. The Bertz CT molecular complexity index is 949. The summed E-state index contributed by atoms with van der Waals surface area (Å²) in [6.07, 6.45) is -5.21. The van der Waals surface area contributed by atoms with Gasteiger partial charge in [-0.05, 0) is 31.0 Å². The van der Waals surface area contributed by atoms with Gasteiger partial charge < -0.3 is 10.2 Å². The molecular formula is C17H18ClF4N3O4S. The van der Waals surface area contributed by atoms with Gasteiger partial charge in [-0.3, -0.25) is 9.59 Å². The summed E-state index contributed by atoms with van der Waals surface area (Å²) >= 11 is 5.64. The van der Waals surface area contributed by atoms with Crippen LogP contribution >= 0.6 is 11.6 Å². The highest BCUT2D eigenvalue weighted by atomic mass is 35.5. The highest BCUT2D eigenvalue weighted by Crippen LogP contribution is 2.30. The molecule has 13 heteroatoms. The zero-order chi connectivity index (χ0) is 22.3. The predicted octanol–water partition coefficient (Wildman–Crippen LogP) is 1.77. The van der Waals surface area contributed by atoms with Crippen molar-refractivity contribution in [2.45, 2.75) is 30.0 Å². The van der Waals surface area contributed by atoms with E-state index in [2.05, 4.69) is 0 Å². The van der Waals surface area contributed by atoms with Crippen molar-refractivity contribution >= 4 is 33.4 Å². The van der Waals surface area contributed by atoms with E-state index in [1.165, 1.54) is 4.90 Å². The molecule has 0 spiro atoms. The van der Waals surface area contributed by atoms with Gasteiger partial charge in [-0.2, -0.15) is 17.5 Å². The van der Waals surface area contributed by atoms with E-state index in [-0.39, 0.29) is 42.5 Å². The molecule has 2 aliphatic rings. The van der Waals surface area contributed by atoms with Crippen molar-refractivity contribution in [1.82, 2.24) is 14.5 Å². The minimum Gasteiger partial charge on any atom is -0.344 e. The van der Waals surface area contributed by atoms with Gasteiger partial charge in [-0.25, -0.2) is 12.8 Å². The smallest absolute Gasteiger partial charge is 0.344 e. The third kappa shape index (κ3) is 4.54. The number of sulfonamides is 1. The zero-order valence-electron chi connectivity index (χ0n) is 15.5. The Labute approximate surface area is 175 Å². The van der Waals surface area contributed by atoms with Crippen LogP contribution in [-0.4, -0.2) is 67.8 Å². The lowest BCUT2D eigenvalue weighted by atomic mass is 9.92. The second-order valence-electron chi connectivity index (χ2n) is 7.04. The molecular weight excluding hydrogens is 454 g/mol. The number of piperidine rings is 1. The lowest BCUT2D eigenvalue weighted by molar-refractivity contribution is -0.172. The van der Waals surface area contributed by atoms with Gasteiger partial charge in [-0.1, -0.05) is 11.6 Å². The molecule has 1 aromatic carbocycles. The normalized spacial score (nSPS) is 23.9. The van der Waals surface area contributed by atoms with Crippen molar-refractivity contribution in [3.05, 3.63) is 29.0 Å². The minimum absolute atomic E-state index is 0.0283. The van der Waals surface area contributed by atoms with Gasteiger partial charge in [0.1, 0.15) is 17.8 Å². The first-order chi connectivity index (χ1) is 13.9. The molecule has 0 saturated carbocycles. The number of amides is 2. The summed E-state index contributed by atoms with van der Waals surface area (Å²) in [7, 11) is -3.97. The van der Waals surface area contributed by atoms with E-state index in [4.69, 9.17) is 11.6 Å². The summed E-state index contributed by atoms with van der Waals surface area (Å²) in [4.78, 5) is 25.7. The molecule has 2 heterocycles. The largest absolute Gasteiger partial charge is 0.408 e. The predicted molar refractivity (Wildman–Crippen MR) is 97.5 cm³/mol. The Hall–Kier alpha value is -1.92. The first-order valence-corrected chi connectivity index (χ1v) is 10.8. The van der Waals surface area contributed by atoms with Crippen LogP contribution in [0.25, 0.3) is 0 Å². The van der Waals surface area contributed by atoms with Gasteiger partial charge in [0.15, 0.2) is 0 Å². The molecule has 7 nitrogen and oxygen atoms in total. The third-order valence-electron chi connectivity index (χ3n) is 5.15. The SMILES string of the molecule is O=C1NC(C(F)(F)F)CCC1C(=O)N1CCN(S(=O)(=O)c2ccc(F)c(Cl)c2)CC1. The first-order valence-electron chi connectivity index (χ1n) is 9.02. The first kappa shape index (κ1) is 22.8. The van der Waals surface area contributed by atoms with Crippen molar-refractivity contribution in [3.63, 3.8) is 0 Å². The lowest BCUT2D eigenvalue weighted by Crippen LogP contribution is -2.57. The number of hydrogen-bond acceptors (Lipinski definition) is 4. The quantitative estimate of drug-likeness (QED) is 0.538. The van der Waals surface area contributed by atoms with E-state index in [0.717, 1.165) is 22.5 Å². The molecule has 30 heavy (non-hydrogen) atoms. The maximum Gasteiger partial charge on any atom is 0.408 e. The number of nitrogens with zero attached hydrogens (tertiary/aromatic N) is 2. The van der Waals surface area contributed by atoms with E-state index in [9.17, 15) is 35.6 Å². The van der Waals surface area contributed by atoms with Crippen LogP contribution in [-0.2, 0) is 19.6 Å². The van der Waals surface area contributed by atoms with Crippen LogP contribution in [0.5, 0.6) is 0 Å². The number of halogens is 5. The summed E-state index contributed by atoms with van der Waals surface area (Å²) in [5.41, 5.74) is 0. The zero-order valence-corrected chi connectivity index (χ0v) is 17.0. The van der Waals surface area contributed by atoms with Gasteiger partial charge in [0, 0.05) is 26.2 Å². The Morgan fingerprint density at radius 1 is 1.13 bits per heavy atom. The third-order valence-corrected chi connectivity index (χ3v) is 7.33.